The van der Waals surface area contributed by atoms with Crippen LogP contribution in [0.15, 0.2) is 36.4 Å². The summed E-state index contributed by atoms with van der Waals surface area (Å²) in [5.74, 6) is 1.73. The van der Waals surface area contributed by atoms with Crippen molar-refractivity contribution in [1.29, 1.82) is 0 Å². The van der Waals surface area contributed by atoms with Crippen LogP contribution in [-0.4, -0.2) is 0 Å². The maximum absolute atomic E-state index is 2.43. The van der Waals surface area contributed by atoms with Gasteiger partial charge in [-0.05, 0) is 53.0 Å². The second-order valence-corrected chi connectivity index (χ2v) is 6.25. The van der Waals surface area contributed by atoms with Gasteiger partial charge in [-0.15, -0.1) is 0 Å². The van der Waals surface area contributed by atoms with Gasteiger partial charge in [0, 0.05) is 0 Å². The van der Waals surface area contributed by atoms with Gasteiger partial charge < -0.3 is 0 Å². The lowest BCUT2D eigenvalue weighted by molar-refractivity contribution is 0.348. The predicted molar refractivity (Wildman–Crippen MR) is 83.7 cm³/mol. The Hall–Kier alpha value is -1.30. The van der Waals surface area contributed by atoms with Crippen LogP contribution < -0.4 is 0 Å². The van der Waals surface area contributed by atoms with Gasteiger partial charge in [0.25, 0.3) is 0 Å². The van der Waals surface area contributed by atoms with Crippen molar-refractivity contribution in [1.82, 2.24) is 0 Å². The molecule has 0 atom stereocenters. The number of hydrogen-bond acceptors (Lipinski definition) is 0. The molecule has 100 valence electrons. The highest BCUT2D eigenvalue weighted by Crippen LogP contribution is 2.36. The van der Waals surface area contributed by atoms with Crippen LogP contribution in [0.5, 0.6) is 0 Å². The molecule has 0 heteroatoms. The summed E-state index contributed by atoms with van der Waals surface area (Å²) in [5, 5.41) is 2.81. The van der Waals surface area contributed by atoms with E-state index in [9.17, 15) is 0 Å². The van der Waals surface area contributed by atoms with E-state index in [1.54, 1.807) is 5.56 Å². The van der Waals surface area contributed by atoms with Gasteiger partial charge in [0.1, 0.15) is 0 Å². The van der Waals surface area contributed by atoms with Crippen LogP contribution in [-0.2, 0) is 6.42 Å². The molecule has 0 aliphatic heterocycles. The van der Waals surface area contributed by atoms with Crippen molar-refractivity contribution >= 4 is 10.8 Å². The van der Waals surface area contributed by atoms with Gasteiger partial charge in [0.2, 0.25) is 0 Å². The zero-order valence-electron chi connectivity index (χ0n) is 12.2. The molecule has 0 spiro atoms. The molecule has 0 heterocycles. The summed E-state index contributed by atoms with van der Waals surface area (Å²) in [7, 11) is 0. The Labute approximate surface area is 116 Å². The zero-order chi connectivity index (χ0) is 13.2. The summed E-state index contributed by atoms with van der Waals surface area (Å²) < 4.78 is 0. The van der Waals surface area contributed by atoms with E-state index in [0.717, 1.165) is 18.3 Å². The van der Waals surface area contributed by atoms with Crippen LogP contribution in [0.3, 0.4) is 0 Å². The third-order valence-electron chi connectivity index (χ3n) is 4.82. The normalized spacial score (nSPS) is 23.7. The van der Waals surface area contributed by atoms with E-state index in [1.807, 2.05) is 0 Å². The van der Waals surface area contributed by atoms with Crippen molar-refractivity contribution in [2.24, 2.45) is 5.92 Å². The lowest BCUT2D eigenvalue weighted by Gasteiger charge is -2.26. The second kappa shape index (κ2) is 5.36. The Morgan fingerprint density at radius 2 is 1.58 bits per heavy atom. The largest absolute Gasteiger partial charge is 0.0625 e. The van der Waals surface area contributed by atoms with Crippen molar-refractivity contribution in [3.05, 3.63) is 47.5 Å². The van der Waals surface area contributed by atoms with E-state index in [4.69, 9.17) is 0 Å². The van der Waals surface area contributed by atoms with Gasteiger partial charge in [0.05, 0.1) is 0 Å². The fourth-order valence-corrected chi connectivity index (χ4v) is 3.38. The fourth-order valence-electron chi connectivity index (χ4n) is 3.38. The van der Waals surface area contributed by atoms with E-state index in [-0.39, 0.29) is 0 Å². The van der Waals surface area contributed by atoms with Crippen molar-refractivity contribution in [3.63, 3.8) is 0 Å². The topological polar surface area (TPSA) is 0 Å². The van der Waals surface area contributed by atoms with E-state index >= 15 is 0 Å². The van der Waals surface area contributed by atoms with Gasteiger partial charge in [0.15, 0.2) is 0 Å². The molecule has 1 saturated carbocycles. The van der Waals surface area contributed by atoms with E-state index in [2.05, 4.69) is 50.2 Å². The number of hydrogen-bond donors (Lipinski definition) is 0. The molecule has 0 aromatic heterocycles. The van der Waals surface area contributed by atoms with Gasteiger partial charge in [-0.25, -0.2) is 0 Å². The maximum atomic E-state index is 2.43. The minimum atomic E-state index is 0.798. The predicted octanol–water partition coefficient (Wildman–Crippen LogP) is 5.70. The van der Waals surface area contributed by atoms with Crippen molar-refractivity contribution in [3.8, 4) is 0 Å². The Kier molecular flexibility index (Phi) is 3.59. The summed E-state index contributed by atoms with van der Waals surface area (Å²) in [6, 6.07) is 14.0. The fraction of sp³-hybridized carbons (Fsp3) is 0.474. The summed E-state index contributed by atoms with van der Waals surface area (Å²) in [5.41, 5.74) is 3.00. The Morgan fingerprint density at radius 1 is 0.895 bits per heavy atom. The first-order valence-electron chi connectivity index (χ1n) is 7.79. The maximum Gasteiger partial charge on any atom is -0.0162 e. The van der Waals surface area contributed by atoms with Gasteiger partial charge in [-0.3, -0.25) is 0 Å². The molecule has 0 bridgehead atoms. The van der Waals surface area contributed by atoms with Crippen LogP contribution in [0.2, 0.25) is 0 Å². The highest BCUT2D eigenvalue weighted by Gasteiger charge is 2.19. The summed E-state index contributed by atoms with van der Waals surface area (Å²) in [4.78, 5) is 0. The number of fused-ring (bicyclic) bond motifs is 1. The number of benzene rings is 2. The first-order valence-corrected chi connectivity index (χ1v) is 7.79. The van der Waals surface area contributed by atoms with Crippen LogP contribution in [0, 0.1) is 5.92 Å². The lowest BCUT2D eigenvalue weighted by Crippen LogP contribution is -2.10. The SMILES string of the molecule is CCc1ccc2cc([C@H]3CC[C@H](C)CC3)ccc2c1. The quantitative estimate of drug-likeness (QED) is 0.643. The molecule has 0 nitrogen and oxygen atoms in total. The van der Waals surface area contributed by atoms with Gasteiger partial charge >= 0.3 is 0 Å². The van der Waals surface area contributed by atoms with E-state index < -0.39 is 0 Å². The molecule has 0 amide bonds. The Morgan fingerprint density at radius 3 is 2.32 bits per heavy atom. The standard InChI is InChI=1S/C19H24/c1-3-15-6-9-19-13-18(11-10-17(19)12-15)16-7-4-14(2)5-8-16/h6,9-14,16H,3-5,7-8H2,1-2H3/t14-,16-. The third-order valence-corrected chi connectivity index (χ3v) is 4.82. The summed E-state index contributed by atoms with van der Waals surface area (Å²) >= 11 is 0. The zero-order valence-corrected chi connectivity index (χ0v) is 12.2. The molecule has 2 aromatic carbocycles. The molecule has 0 radical (unpaired) electrons. The summed E-state index contributed by atoms with van der Waals surface area (Å²) in [6.07, 6.45) is 6.67. The highest BCUT2D eigenvalue weighted by atomic mass is 14.2. The molecule has 1 aliphatic rings. The van der Waals surface area contributed by atoms with Crippen molar-refractivity contribution in [2.45, 2.75) is 51.9 Å². The van der Waals surface area contributed by atoms with Crippen LogP contribution >= 0.6 is 0 Å². The van der Waals surface area contributed by atoms with Crippen LogP contribution in [0.1, 0.15) is 56.6 Å². The van der Waals surface area contributed by atoms with E-state index in [0.29, 0.717) is 0 Å². The van der Waals surface area contributed by atoms with Crippen molar-refractivity contribution in [2.75, 3.05) is 0 Å². The average molecular weight is 252 g/mol. The average Bonchev–Trinajstić information content (AvgIpc) is 2.47. The smallest absolute Gasteiger partial charge is 0.0162 e. The Balaban J connectivity index is 1.89. The van der Waals surface area contributed by atoms with Gasteiger partial charge in [-0.2, -0.15) is 0 Å². The molecule has 0 N–H and O–H groups in total. The minimum Gasteiger partial charge on any atom is -0.0625 e. The molecular formula is C19H24. The van der Waals surface area contributed by atoms with Crippen LogP contribution in [0.25, 0.3) is 10.8 Å². The monoisotopic (exact) mass is 252 g/mol. The van der Waals surface area contributed by atoms with Crippen LogP contribution in [0.4, 0.5) is 0 Å². The summed E-state index contributed by atoms with van der Waals surface area (Å²) in [6.45, 7) is 4.61. The second-order valence-electron chi connectivity index (χ2n) is 6.25. The molecule has 0 unspecified atom stereocenters. The molecule has 1 aliphatic carbocycles. The molecule has 2 aromatic rings. The molecule has 1 fully saturated rings. The van der Waals surface area contributed by atoms with E-state index in [1.165, 1.54) is 42.0 Å². The minimum absolute atomic E-state index is 0.798. The van der Waals surface area contributed by atoms with Gasteiger partial charge in [-0.1, -0.05) is 63.1 Å². The first kappa shape index (κ1) is 12.7. The van der Waals surface area contributed by atoms with Crippen molar-refractivity contribution < 1.29 is 0 Å². The molecule has 19 heavy (non-hydrogen) atoms. The Bertz CT molecular complexity index is 559. The molecular weight excluding hydrogens is 228 g/mol. The highest BCUT2D eigenvalue weighted by molar-refractivity contribution is 5.84. The molecule has 3 rings (SSSR count). The molecule has 0 saturated heterocycles. The third kappa shape index (κ3) is 2.68. The first-order chi connectivity index (χ1) is 9.26. The number of aryl methyl sites for hydroxylation is 1. The number of rotatable bonds is 2. The lowest BCUT2D eigenvalue weighted by atomic mass is 9.79.